The number of carbonyl (C=O) groups is 1. The molecule has 184 valence electrons. The van der Waals surface area contributed by atoms with Gasteiger partial charge in [-0.05, 0) is 29.8 Å². The van der Waals surface area contributed by atoms with Crippen molar-refractivity contribution < 1.29 is 14.3 Å². The zero-order valence-corrected chi connectivity index (χ0v) is 22.7. The van der Waals surface area contributed by atoms with E-state index in [1.54, 1.807) is 19.2 Å². The molecule has 0 spiro atoms. The highest BCUT2D eigenvalue weighted by Crippen LogP contribution is 2.42. The summed E-state index contributed by atoms with van der Waals surface area (Å²) in [6.45, 7) is 0. The number of rotatable bonds is 7. The first-order chi connectivity index (χ1) is 17.5. The van der Waals surface area contributed by atoms with Crippen molar-refractivity contribution in [2.75, 3.05) is 20.0 Å². The van der Waals surface area contributed by atoms with E-state index in [2.05, 4.69) is 38.8 Å². The second-order valence-electron chi connectivity index (χ2n) is 8.50. The molecule has 0 bridgehead atoms. The van der Waals surface area contributed by atoms with Crippen LogP contribution in [0.3, 0.4) is 0 Å². The molecule has 0 radical (unpaired) electrons. The molecule has 0 N–H and O–H groups in total. The SMILES string of the molecule is COc1cccc([C@@H]2CC(c3ccc(Br)cc3)=NN2C(=O)CSc2cn(C)c3ccccc23)c1OC. The highest BCUT2D eigenvalue weighted by Gasteiger charge is 2.35. The molecule has 0 aliphatic carbocycles. The topological polar surface area (TPSA) is 56.1 Å². The Balaban J connectivity index is 1.47. The lowest BCUT2D eigenvalue weighted by Crippen LogP contribution is -2.28. The van der Waals surface area contributed by atoms with Gasteiger partial charge in [0.05, 0.1) is 31.7 Å². The number of halogens is 1. The van der Waals surface area contributed by atoms with Crippen molar-refractivity contribution in [2.24, 2.45) is 12.1 Å². The van der Waals surface area contributed by atoms with Crippen molar-refractivity contribution in [3.63, 3.8) is 0 Å². The molecule has 0 saturated heterocycles. The molecule has 1 atom stereocenters. The number of fused-ring (bicyclic) bond motifs is 1. The summed E-state index contributed by atoms with van der Waals surface area (Å²) >= 11 is 5.03. The van der Waals surface area contributed by atoms with E-state index >= 15 is 0 Å². The monoisotopic (exact) mass is 563 g/mol. The number of hydrazone groups is 1. The highest BCUT2D eigenvalue weighted by atomic mass is 79.9. The minimum Gasteiger partial charge on any atom is -0.493 e. The Labute approximate surface area is 223 Å². The lowest BCUT2D eigenvalue weighted by atomic mass is 9.97. The standard InChI is InChI=1S/C28H26BrN3O3S/c1-31-16-26(20-7-4-5-9-23(20)31)36-17-27(33)32-24(21-8-6-10-25(34-2)28(21)35-3)15-22(30-32)18-11-13-19(29)14-12-18/h4-14,16,24H,15,17H2,1-3H3/t24-/m0/s1. The number of methoxy groups -OCH3 is 2. The molecule has 4 aromatic rings. The maximum atomic E-state index is 13.6. The van der Waals surface area contributed by atoms with Crippen molar-refractivity contribution in [1.29, 1.82) is 0 Å². The van der Waals surface area contributed by atoms with Gasteiger partial charge in [-0.3, -0.25) is 4.79 Å². The Kier molecular flexibility index (Phi) is 7.07. The average molecular weight is 565 g/mol. The Morgan fingerprint density at radius 2 is 1.83 bits per heavy atom. The van der Waals surface area contributed by atoms with Crippen LogP contribution in [0.5, 0.6) is 11.5 Å². The van der Waals surface area contributed by atoms with Crippen molar-refractivity contribution in [2.45, 2.75) is 17.4 Å². The first-order valence-corrected chi connectivity index (χ1v) is 13.3. The number of para-hydroxylation sites is 2. The summed E-state index contributed by atoms with van der Waals surface area (Å²) in [4.78, 5) is 14.7. The number of amides is 1. The molecule has 6 nitrogen and oxygen atoms in total. The number of hydrogen-bond donors (Lipinski definition) is 0. The van der Waals surface area contributed by atoms with E-state index in [9.17, 15) is 4.79 Å². The number of aromatic nitrogens is 1. The van der Waals surface area contributed by atoms with E-state index < -0.39 is 0 Å². The van der Waals surface area contributed by atoms with Crippen molar-refractivity contribution in [1.82, 2.24) is 9.58 Å². The summed E-state index contributed by atoms with van der Waals surface area (Å²) in [6.07, 6.45) is 2.65. The predicted octanol–water partition coefficient (Wildman–Crippen LogP) is 6.43. The first-order valence-electron chi connectivity index (χ1n) is 11.5. The third kappa shape index (κ3) is 4.63. The van der Waals surface area contributed by atoms with Crippen LogP contribution in [-0.4, -0.2) is 41.2 Å². The van der Waals surface area contributed by atoms with Gasteiger partial charge in [0.1, 0.15) is 0 Å². The molecule has 1 amide bonds. The van der Waals surface area contributed by atoms with Crippen LogP contribution < -0.4 is 9.47 Å². The molecule has 1 aromatic heterocycles. The zero-order valence-electron chi connectivity index (χ0n) is 20.3. The number of nitrogens with zero attached hydrogens (tertiary/aromatic N) is 3. The minimum atomic E-state index is -0.297. The fraction of sp³-hybridized carbons (Fsp3) is 0.214. The molecule has 0 unspecified atom stereocenters. The first kappa shape index (κ1) is 24.5. The van der Waals surface area contributed by atoms with Crippen LogP contribution in [0.15, 0.2) is 87.4 Å². The summed E-state index contributed by atoms with van der Waals surface area (Å²) in [7, 11) is 5.26. The molecule has 1 aliphatic rings. The van der Waals surface area contributed by atoms with Gasteiger partial charge < -0.3 is 14.0 Å². The van der Waals surface area contributed by atoms with Gasteiger partial charge in [-0.25, -0.2) is 5.01 Å². The maximum absolute atomic E-state index is 13.6. The quantitative estimate of drug-likeness (QED) is 0.243. The molecule has 5 rings (SSSR count). The number of benzene rings is 3. The van der Waals surface area contributed by atoms with Gasteiger partial charge in [-0.15, -0.1) is 11.8 Å². The van der Waals surface area contributed by atoms with E-state index in [-0.39, 0.29) is 17.7 Å². The predicted molar refractivity (Wildman–Crippen MR) is 148 cm³/mol. The van der Waals surface area contributed by atoms with Crippen molar-refractivity contribution in [3.05, 3.63) is 88.5 Å². The highest BCUT2D eigenvalue weighted by molar-refractivity contribution is 9.10. The lowest BCUT2D eigenvalue weighted by Gasteiger charge is -2.24. The Bertz CT molecular complexity index is 1450. The van der Waals surface area contributed by atoms with Gasteiger partial charge in [0, 0.05) is 45.5 Å². The van der Waals surface area contributed by atoms with Crippen LogP contribution in [0.1, 0.15) is 23.6 Å². The minimum absolute atomic E-state index is 0.0603. The summed E-state index contributed by atoms with van der Waals surface area (Å²) in [6, 6.07) is 21.7. The maximum Gasteiger partial charge on any atom is 0.253 e. The van der Waals surface area contributed by atoms with Crippen LogP contribution in [0.25, 0.3) is 10.9 Å². The summed E-state index contributed by atoms with van der Waals surface area (Å²) < 4.78 is 14.3. The second-order valence-corrected chi connectivity index (χ2v) is 10.4. The number of thioether (sulfide) groups is 1. The number of ether oxygens (including phenoxy) is 2. The molecule has 36 heavy (non-hydrogen) atoms. The third-order valence-corrected chi connectivity index (χ3v) is 7.90. The van der Waals surface area contributed by atoms with E-state index in [1.165, 1.54) is 11.8 Å². The van der Waals surface area contributed by atoms with Crippen molar-refractivity contribution in [3.8, 4) is 11.5 Å². The van der Waals surface area contributed by atoms with Crippen LogP contribution in [0, 0.1) is 0 Å². The van der Waals surface area contributed by atoms with E-state index in [1.807, 2.05) is 61.6 Å². The molecule has 8 heteroatoms. The average Bonchev–Trinajstić information content (AvgIpc) is 3.49. The molecule has 0 saturated carbocycles. The smallest absolute Gasteiger partial charge is 0.253 e. The molecule has 2 heterocycles. The summed E-state index contributed by atoms with van der Waals surface area (Å²) in [5, 5.41) is 7.59. The Morgan fingerprint density at radius 3 is 2.58 bits per heavy atom. The third-order valence-electron chi connectivity index (χ3n) is 6.35. The fourth-order valence-electron chi connectivity index (χ4n) is 4.60. The molecular weight excluding hydrogens is 538 g/mol. The molecule has 0 fully saturated rings. The van der Waals surface area contributed by atoms with Gasteiger partial charge in [0.15, 0.2) is 11.5 Å². The molecular formula is C28H26BrN3O3S. The van der Waals surface area contributed by atoms with Gasteiger partial charge in [-0.2, -0.15) is 5.10 Å². The largest absolute Gasteiger partial charge is 0.493 e. The van der Waals surface area contributed by atoms with Crippen molar-refractivity contribution >= 4 is 50.2 Å². The lowest BCUT2D eigenvalue weighted by molar-refractivity contribution is -0.130. The molecule has 3 aromatic carbocycles. The van der Waals surface area contributed by atoms with Gasteiger partial charge in [0.2, 0.25) is 0 Å². The number of hydrogen-bond acceptors (Lipinski definition) is 5. The van der Waals surface area contributed by atoms with E-state index in [0.29, 0.717) is 17.9 Å². The number of aryl methyl sites for hydroxylation is 1. The van der Waals surface area contributed by atoms with Gasteiger partial charge in [-0.1, -0.05) is 58.4 Å². The van der Waals surface area contributed by atoms with Crippen LogP contribution in [0.4, 0.5) is 0 Å². The van der Waals surface area contributed by atoms with Crippen LogP contribution in [0.2, 0.25) is 0 Å². The fourth-order valence-corrected chi connectivity index (χ4v) is 5.84. The van der Waals surface area contributed by atoms with Gasteiger partial charge in [0.25, 0.3) is 5.91 Å². The zero-order chi connectivity index (χ0) is 25.2. The number of carbonyl (C=O) groups excluding carboxylic acids is 1. The van der Waals surface area contributed by atoms with Gasteiger partial charge >= 0.3 is 0 Å². The Hall–Kier alpha value is -3.23. The summed E-state index contributed by atoms with van der Waals surface area (Å²) in [5.41, 5.74) is 3.86. The Morgan fingerprint density at radius 1 is 1.06 bits per heavy atom. The van der Waals surface area contributed by atoms with Crippen LogP contribution in [-0.2, 0) is 11.8 Å². The second kappa shape index (κ2) is 10.4. The van der Waals surface area contributed by atoms with E-state index in [4.69, 9.17) is 14.6 Å². The van der Waals surface area contributed by atoms with Crippen LogP contribution >= 0.6 is 27.7 Å². The normalized spacial score (nSPS) is 15.3. The summed E-state index contributed by atoms with van der Waals surface area (Å²) in [5.74, 6) is 1.46. The molecule has 1 aliphatic heterocycles. The van der Waals surface area contributed by atoms with E-state index in [0.717, 1.165) is 37.1 Å².